The first-order valence-corrected chi connectivity index (χ1v) is 6.20. The minimum Gasteiger partial charge on any atom is -0.480 e. The predicted octanol–water partition coefficient (Wildman–Crippen LogP) is 1.84. The number of hydrogen-bond donors (Lipinski definition) is 2. The van der Waals surface area contributed by atoms with Crippen molar-refractivity contribution in [2.75, 3.05) is 5.75 Å². The van der Waals surface area contributed by atoms with Gasteiger partial charge in [-0.1, -0.05) is 0 Å². The minimum absolute atomic E-state index is 0.162. The molecule has 0 radical (unpaired) electrons. The molecule has 3 nitrogen and oxygen atoms in total. The normalized spacial score (nSPS) is 26.6. The smallest absolute Gasteiger partial charge is 0.321 e. The van der Waals surface area contributed by atoms with Crippen LogP contribution in [-0.2, 0) is 4.79 Å². The predicted molar refractivity (Wildman–Crippen MR) is 58.8 cm³/mol. The first-order chi connectivity index (χ1) is 6.66. The van der Waals surface area contributed by atoms with E-state index in [1.165, 1.54) is 9.75 Å². The average Bonchev–Trinajstić information content (AvgIpc) is 2.70. The van der Waals surface area contributed by atoms with E-state index in [0.717, 1.165) is 0 Å². The van der Waals surface area contributed by atoms with Gasteiger partial charge in [0.15, 0.2) is 0 Å². The van der Waals surface area contributed by atoms with E-state index in [-0.39, 0.29) is 5.37 Å². The summed E-state index contributed by atoms with van der Waals surface area (Å²) in [5.74, 6) is -0.106. The third-order valence-corrected chi connectivity index (χ3v) is 4.56. The zero-order valence-corrected chi connectivity index (χ0v) is 9.32. The third kappa shape index (κ3) is 1.94. The Morgan fingerprint density at radius 3 is 2.93 bits per heavy atom. The Balaban J connectivity index is 2.05. The molecule has 1 aliphatic rings. The van der Waals surface area contributed by atoms with Crippen LogP contribution in [0.2, 0.25) is 0 Å². The van der Waals surface area contributed by atoms with Crippen LogP contribution in [0.5, 0.6) is 0 Å². The van der Waals surface area contributed by atoms with E-state index in [2.05, 4.69) is 24.4 Å². The molecule has 0 spiro atoms. The van der Waals surface area contributed by atoms with Gasteiger partial charge in [-0.25, -0.2) is 0 Å². The molecule has 0 unspecified atom stereocenters. The molecule has 0 aliphatic carbocycles. The number of aliphatic carboxylic acids is 1. The number of hydrogen-bond acceptors (Lipinski definition) is 4. The average molecular weight is 229 g/mol. The van der Waals surface area contributed by atoms with Gasteiger partial charge in [0.25, 0.3) is 0 Å². The van der Waals surface area contributed by atoms with Crippen LogP contribution in [0.3, 0.4) is 0 Å². The molecule has 1 aliphatic heterocycles. The maximum atomic E-state index is 10.7. The molecule has 1 aromatic rings. The van der Waals surface area contributed by atoms with E-state index in [0.29, 0.717) is 5.75 Å². The van der Waals surface area contributed by atoms with Crippen LogP contribution in [0.1, 0.15) is 15.1 Å². The number of carboxylic acids is 1. The zero-order valence-electron chi connectivity index (χ0n) is 7.69. The fraction of sp³-hybridized carbons (Fsp3) is 0.444. The van der Waals surface area contributed by atoms with E-state index in [9.17, 15) is 4.79 Å². The summed E-state index contributed by atoms with van der Waals surface area (Å²) in [6.45, 7) is 2.06. The summed E-state index contributed by atoms with van der Waals surface area (Å²) in [6.07, 6.45) is 0. The zero-order chi connectivity index (χ0) is 10.1. The Bertz CT molecular complexity index is 350. The highest BCUT2D eigenvalue weighted by Gasteiger charge is 2.30. The Labute approximate surface area is 90.5 Å². The van der Waals surface area contributed by atoms with Crippen LogP contribution in [0.15, 0.2) is 12.1 Å². The molecular weight excluding hydrogens is 218 g/mol. The summed E-state index contributed by atoms with van der Waals surface area (Å²) in [6, 6.07) is 3.73. The molecular formula is C9H11NO2S2. The van der Waals surface area contributed by atoms with Crippen LogP contribution < -0.4 is 5.32 Å². The number of aryl methyl sites for hydroxylation is 1. The first-order valence-electron chi connectivity index (χ1n) is 4.33. The lowest BCUT2D eigenvalue weighted by Gasteiger charge is -2.07. The molecule has 5 heteroatoms. The van der Waals surface area contributed by atoms with Crippen LogP contribution >= 0.6 is 23.1 Å². The Hall–Kier alpha value is -0.520. The van der Waals surface area contributed by atoms with Crippen molar-refractivity contribution in [2.24, 2.45) is 0 Å². The lowest BCUT2D eigenvalue weighted by atomic mass is 10.3. The number of carboxylic acid groups (broad SMARTS) is 1. The Morgan fingerprint density at radius 1 is 1.64 bits per heavy atom. The van der Waals surface area contributed by atoms with Gasteiger partial charge in [0, 0.05) is 15.5 Å². The van der Waals surface area contributed by atoms with Crippen molar-refractivity contribution in [1.82, 2.24) is 5.32 Å². The molecule has 1 saturated heterocycles. The van der Waals surface area contributed by atoms with Gasteiger partial charge >= 0.3 is 5.97 Å². The van der Waals surface area contributed by atoms with E-state index in [1.54, 1.807) is 23.1 Å². The largest absolute Gasteiger partial charge is 0.480 e. The summed E-state index contributed by atoms with van der Waals surface area (Å²) < 4.78 is 0. The van der Waals surface area contributed by atoms with Gasteiger partial charge in [-0.2, -0.15) is 0 Å². The number of thiophene rings is 1. The molecule has 14 heavy (non-hydrogen) atoms. The second kappa shape index (κ2) is 3.92. The van der Waals surface area contributed by atoms with Crippen molar-refractivity contribution >= 4 is 29.1 Å². The number of nitrogens with one attached hydrogen (secondary N) is 1. The molecule has 2 heterocycles. The maximum absolute atomic E-state index is 10.7. The second-order valence-electron chi connectivity index (χ2n) is 3.22. The number of carbonyl (C=O) groups is 1. The third-order valence-electron chi connectivity index (χ3n) is 2.10. The van der Waals surface area contributed by atoms with Gasteiger partial charge in [-0.3, -0.25) is 10.1 Å². The summed E-state index contributed by atoms with van der Waals surface area (Å²) in [5.41, 5.74) is 0. The molecule has 2 atom stereocenters. The van der Waals surface area contributed by atoms with Crippen molar-refractivity contribution < 1.29 is 9.90 Å². The van der Waals surface area contributed by atoms with Crippen molar-refractivity contribution in [3.8, 4) is 0 Å². The molecule has 2 N–H and O–H groups in total. The van der Waals surface area contributed by atoms with Crippen LogP contribution in [-0.4, -0.2) is 22.9 Å². The highest BCUT2D eigenvalue weighted by atomic mass is 32.2. The monoisotopic (exact) mass is 229 g/mol. The van der Waals surface area contributed by atoms with Gasteiger partial charge in [-0.15, -0.1) is 23.1 Å². The van der Waals surface area contributed by atoms with Crippen molar-refractivity contribution in [2.45, 2.75) is 18.3 Å². The minimum atomic E-state index is -0.756. The van der Waals surface area contributed by atoms with Crippen LogP contribution in [0, 0.1) is 6.92 Å². The van der Waals surface area contributed by atoms with Gasteiger partial charge in [0.1, 0.15) is 6.04 Å². The van der Waals surface area contributed by atoms with Crippen LogP contribution in [0.25, 0.3) is 0 Å². The summed E-state index contributed by atoms with van der Waals surface area (Å²) in [5, 5.41) is 12.1. The summed E-state index contributed by atoms with van der Waals surface area (Å²) in [4.78, 5) is 13.2. The van der Waals surface area contributed by atoms with E-state index in [4.69, 9.17) is 5.11 Å². The molecule has 0 amide bonds. The molecule has 1 fully saturated rings. The SMILES string of the molecule is Cc1ccc([C@@H]2N[C@@H](C(=O)O)CS2)s1. The van der Waals surface area contributed by atoms with Gasteiger partial charge in [0.2, 0.25) is 0 Å². The Kier molecular flexibility index (Phi) is 2.80. The van der Waals surface area contributed by atoms with E-state index < -0.39 is 12.0 Å². The highest BCUT2D eigenvalue weighted by molar-refractivity contribution is 7.99. The fourth-order valence-corrected chi connectivity index (χ4v) is 3.67. The lowest BCUT2D eigenvalue weighted by Crippen LogP contribution is -2.33. The maximum Gasteiger partial charge on any atom is 0.321 e. The van der Waals surface area contributed by atoms with E-state index >= 15 is 0 Å². The van der Waals surface area contributed by atoms with E-state index in [1.807, 2.05) is 0 Å². The van der Waals surface area contributed by atoms with Crippen molar-refractivity contribution in [1.29, 1.82) is 0 Å². The lowest BCUT2D eigenvalue weighted by molar-refractivity contribution is -0.138. The van der Waals surface area contributed by atoms with Gasteiger partial charge in [-0.05, 0) is 19.1 Å². The second-order valence-corrected chi connectivity index (χ2v) is 5.68. The summed E-state index contributed by atoms with van der Waals surface area (Å²) >= 11 is 3.39. The van der Waals surface area contributed by atoms with Crippen molar-refractivity contribution in [3.63, 3.8) is 0 Å². The summed E-state index contributed by atoms with van der Waals surface area (Å²) in [7, 11) is 0. The van der Waals surface area contributed by atoms with Crippen LogP contribution in [0.4, 0.5) is 0 Å². The molecule has 76 valence electrons. The molecule has 0 bridgehead atoms. The number of rotatable bonds is 2. The highest BCUT2D eigenvalue weighted by Crippen LogP contribution is 2.36. The van der Waals surface area contributed by atoms with Gasteiger partial charge in [0.05, 0.1) is 5.37 Å². The molecule has 2 rings (SSSR count). The standard InChI is InChI=1S/C9H11NO2S2/c1-5-2-3-7(14-5)8-10-6(4-13-8)9(11)12/h2-3,6,8,10H,4H2,1H3,(H,11,12)/t6-,8-/m1/s1. The molecule has 0 saturated carbocycles. The van der Waals surface area contributed by atoms with Crippen molar-refractivity contribution in [3.05, 3.63) is 21.9 Å². The molecule has 1 aromatic heterocycles. The Morgan fingerprint density at radius 2 is 2.43 bits per heavy atom. The fourth-order valence-electron chi connectivity index (χ4n) is 1.37. The first kappa shape index (κ1) is 10.0. The quantitative estimate of drug-likeness (QED) is 0.812. The topological polar surface area (TPSA) is 49.3 Å². The number of thioether (sulfide) groups is 1. The molecule has 0 aromatic carbocycles. The van der Waals surface area contributed by atoms with Gasteiger partial charge < -0.3 is 5.11 Å².